The number of anilines is 1. The molecule has 2 rings (SSSR count). The van der Waals surface area contributed by atoms with Gasteiger partial charge in [0, 0.05) is 13.1 Å². The van der Waals surface area contributed by atoms with Gasteiger partial charge in [-0.2, -0.15) is 0 Å². The van der Waals surface area contributed by atoms with Gasteiger partial charge < -0.3 is 20.2 Å². The molecule has 1 heterocycles. The summed E-state index contributed by atoms with van der Waals surface area (Å²) >= 11 is 0. The summed E-state index contributed by atoms with van der Waals surface area (Å²) in [5.41, 5.74) is 2.11. The maximum Gasteiger partial charge on any atom is 0.290 e. The van der Waals surface area contributed by atoms with Crippen LogP contribution in [0.3, 0.4) is 0 Å². The first-order valence-electron chi connectivity index (χ1n) is 6.82. The zero-order chi connectivity index (χ0) is 16.7. The molecule has 0 aromatic heterocycles. The lowest BCUT2D eigenvalue weighted by Crippen LogP contribution is -2.39. The fourth-order valence-electron chi connectivity index (χ4n) is 2.15. The zero-order valence-corrected chi connectivity index (χ0v) is 13.0. The molecule has 1 aromatic carbocycles. The molecule has 1 aliphatic rings. The number of rotatable bonds is 3. The highest BCUT2D eigenvalue weighted by molar-refractivity contribution is 6.09. The number of likely N-dealkylation sites (N-methyl/N-ethyl adjacent to an activating group) is 1. The highest BCUT2D eigenvalue weighted by atomic mass is 16.3. The second kappa shape index (κ2) is 8.14. The van der Waals surface area contributed by atoms with E-state index in [0.717, 1.165) is 12.1 Å². The van der Waals surface area contributed by atoms with Crippen LogP contribution in [-0.2, 0) is 9.59 Å². The second-order valence-electron chi connectivity index (χ2n) is 5.18. The fraction of sp³-hybridized carbons (Fsp3) is 0.400. The van der Waals surface area contributed by atoms with Crippen LogP contribution in [0.5, 0.6) is 0 Å². The van der Waals surface area contributed by atoms with E-state index in [9.17, 15) is 9.59 Å². The lowest BCUT2D eigenvalue weighted by Gasteiger charge is -2.22. The van der Waals surface area contributed by atoms with Gasteiger partial charge in [-0.15, -0.1) is 0 Å². The molecule has 0 saturated heterocycles. The Kier molecular flexibility index (Phi) is 6.52. The molecular weight excluding hydrogens is 286 g/mol. The average Bonchev–Trinajstić information content (AvgIpc) is 2.55. The van der Waals surface area contributed by atoms with Gasteiger partial charge in [-0.3, -0.25) is 14.4 Å². The Hall–Kier alpha value is -2.41. The maximum atomic E-state index is 12.5. The minimum Gasteiger partial charge on any atom is -0.483 e. The molecule has 0 saturated carbocycles. The van der Waals surface area contributed by atoms with Crippen LogP contribution in [-0.4, -0.2) is 66.9 Å². The molecule has 1 aromatic rings. The molecule has 0 fully saturated rings. The summed E-state index contributed by atoms with van der Waals surface area (Å²) in [6, 6.07) is 5.50. The highest BCUT2D eigenvalue weighted by Crippen LogP contribution is 2.23. The van der Waals surface area contributed by atoms with E-state index in [-0.39, 0.29) is 24.8 Å². The van der Waals surface area contributed by atoms with E-state index >= 15 is 0 Å². The van der Waals surface area contributed by atoms with E-state index in [0.29, 0.717) is 17.8 Å². The first kappa shape index (κ1) is 17.6. The molecule has 0 atom stereocenters. The average molecular weight is 307 g/mol. The molecular formula is C15H21N3O4. The Labute approximate surface area is 129 Å². The molecule has 2 amide bonds. The summed E-state index contributed by atoms with van der Waals surface area (Å²) in [5, 5.41) is 9.69. The van der Waals surface area contributed by atoms with Gasteiger partial charge in [-0.25, -0.2) is 0 Å². The van der Waals surface area contributed by atoms with Gasteiger partial charge >= 0.3 is 0 Å². The van der Waals surface area contributed by atoms with Crippen LogP contribution >= 0.6 is 0 Å². The topological polar surface area (TPSA) is 90.0 Å². The number of benzene rings is 1. The minimum atomic E-state index is -0.250. The van der Waals surface area contributed by atoms with Gasteiger partial charge in [0.15, 0.2) is 0 Å². The number of amides is 2. The van der Waals surface area contributed by atoms with E-state index in [4.69, 9.17) is 9.90 Å². The first-order chi connectivity index (χ1) is 10.4. The Morgan fingerprint density at radius 3 is 2.59 bits per heavy atom. The number of carbonyl (C=O) groups is 3. The van der Waals surface area contributed by atoms with Crippen molar-refractivity contribution in [1.29, 1.82) is 0 Å². The largest absolute Gasteiger partial charge is 0.483 e. The quantitative estimate of drug-likeness (QED) is 0.800. The van der Waals surface area contributed by atoms with Gasteiger partial charge in [0.25, 0.3) is 12.4 Å². The Morgan fingerprint density at radius 1 is 1.36 bits per heavy atom. The van der Waals surface area contributed by atoms with Crippen LogP contribution in [0.25, 0.3) is 0 Å². The number of fused-ring (bicyclic) bond motifs is 1. The van der Waals surface area contributed by atoms with Gasteiger partial charge in [0.2, 0.25) is 5.91 Å². The highest BCUT2D eigenvalue weighted by Gasteiger charge is 2.27. The van der Waals surface area contributed by atoms with Crippen molar-refractivity contribution in [3.05, 3.63) is 29.3 Å². The number of hydrogen-bond donors (Lipinski definition) is 2. The maximum absolute atomic E-state index is 12.5. The summed E-state index contributed by atoms with van der Waals surface area (Å²) in [6.07, 6.45) is 0. The van der Waals surface area contributed by atoms with E-state index in [2.05, 4.69) is 5.32 Å². The van der Waals surface area contributed by atoms with Gasteiger partial charge in [-0.05, 0) is 32.6 Å². The molecule has 22 heavy (non-hydrogen) atoms. The second-order valence-corrected chi connectivity index (χ2v) is 5.18. The first-order valence-corrected chi connectivity index (χ1v) is 6.82. The Bertz CT molecular complexity index is 558. The van der Waals surface area contributed by atoms with E-state index in [1.54, 1.807) is 11.0 Å². The van der Waals surface area contributed by atoms with Crippen LogP contribution in [0.15, 0.2) is 18.2 Å². The number of carbonyl (C=O) groups excluding carboxylic acids is 2. The summed E-state index contributed by atoms with van der Waals surface area (Å²) in [4.78, 5) is 36.3. The minimum absolute atomic E-state index is 0.0756. The van der Waals surface area contributed by atoms with Crippen molar-refractivity contribution >= 4 is 24.0 Å². The summed E-state index contributed by atoms with van der Waals surface area (Å²) in [5.74, 6) is -0.218. The van der Waals surface area contributed by atoms with Crippen molar-refractivity contribution in [3.63, 3.8) is 0 Å². The van der Waals surface area contributed by atoms with Crippen LogP contribution in [0, 0.1) is 6.92 Å². The van der Waals surface area contributed by atoms with E-state index in [1.165, 1.54) is 0 Å². The molecule has 0 bridgehead atoms. The summed E-state index contributed by atoms with van der Waals surface area (Å²) in [6.45, 7) is 3.03. The van der Waals surface area contributed by atoms with E-state index < -0.39 is 0 Å². The summed E-state index contributed by atoms with van der Waals surface area (Å²) in [7, 11) is 3.89. The SMILES string of the molecule is Cc1cccc2c1C(=O)N(CCN(C)C)CC(=O)N2.O=CO. The van der Waals surface area contributed by atoms with Crippen LogP contribution < -0.4 is 5.32 Å². The molecule has 1 aliphatic heterocycles. The van der Waals surface area contributed by atoms with Gasteiger partial charge in [0.1, 0.15) is 6.54 Å². The standard InChI is InChI=1S/C14H19N3O2.CH2O2/c1-10-5-4-6-11-13(10)14(19)17(8-7-16(2)3)9-12(18)15-11;2-1-3/h4-6H,7-9H2,1-3H3,(H,15,18);1H,(H,2,3). The number of carboxylic acid groups (broad SMARTS) is 1. The van der Waals surface area contributed by atoms with Crippen molar-refractivity contribution in [1.82, 2.24) is 9.80 Å². The third-order valence-corrected chi connectivity index (χ3v) is 3.20. The normalized spacial score (nSPS) is 13.7. The predicted octanol–water partition coefficient (Wildman–Crippen LogP) is 0.652. The van der Waals surface area contributed by atoms with Crippen LogP contribution in [0.1, 0.15) is 15.9 Å². The summed E-state index contributed by atoms with van der Waals surface area (Å²) < 4.78 is 0. The van der Waals surface area contributed by atoms with E-state index in [1.807, 2.05) is 38.1 Å². The van der Waals surface area contributed by atoms with Crippen molar-refractivity contribution in [2.75, 3.05) is 39.0 Å². The van der Waals surface area contributed by atoms with Crippen LogP contribution in [0.2, 0.25) is 0 Å². The lowest BCUT2D eigenvalue weighted by molar-refractivity contribution is -0.123. The van der Waals surface area contributed by atoms with Crippen molar-refractivity contribution in [2.24, 2.45) is 0 Å². The monoisotopic (exact) mass is 307 g/mol. The lowest BCUT2D eigenvalue weighted by atomic mass is 10.1. The Balaban J connectivity index is 0.000000745. The number of nitrogens with zero attached hydrogens (tertiary/aromatic N) is 2. The smallest absolute Gasteiger partial charge is 0.290 e. The Morgan fingerprint density at radius 2 is 2.00 bits per heavy atom. The molecule has 0 aliphatic carbocycles. The molecule has 0 radical (unpaired) electrons. The molecule has 0 spiro atoms. The molecule has 7 nitrogen and oxygen atoms in total. The van der Waals surface area contributed by atoms with Crippen molar-refractivity contribution < 1.29 is 19.5 Å². The predicted molar refractivity (Wildman–Crippen MR) is 83.0 cm³/mol. The third-order valence-electron chi connectivity index (χ3n) is 3.20. The molecule has 120 valence electrons. The number of aryl methyl sites for hydroxylation is 1. The number of hydrogen-bond acceptors (Lipinski definition) is 4. The zero-order valence-electron chi connectivity index (χ0n) is 13.0. The van der Waals surface area contributed by atoms with Crippen LogP contribution in [0.4, 0.5) is 5.69 Å². The molecule has 0 unspecified atom stereocenters. The third kappa shape index (κ3) is 4.56. The van der Waals surface area contributed by atoms with Gasteiger partial charge in [0.05, 0.1) is 11.3 Å². The molecule has 2 N–H and O–H groups in total. The fourth-order valence-corrected chi connectivity index (χ4v) is 2.15. The number of nitrogens with one attached hydrogen (secondary N) is 1. The van der Waals surface area contributed by atoms with Crippen molar-refractivity contribution in [3.8, 4) is 0 Å². The molecule has 7 heteroatoms. The van der Waals surface area contributed by atoms with Crippen molar-refractivity contribution in [2.45, 2.75) is 6.92 Å². The van der Waals surface area contributed by atoms with Gasteiger partial charge in [-0.1, -0.05) is 12.1 Å².